The maximum Gasteiger partial charge on any atom is 0.225 e. The summed E-state index contributed by atoms with van der Waals surface area (Å²) in [4.78, 5) is 22.0. The van der Waals surface area contributed by atoms with Gasteiger partial charge in [-0.2, -0.15) is 0 Å². The highest BCUT2D eigenvalue weighted by Crippen LogP contribution is 2.12. The maximum atomic E-state index is 11.7. The Morgan fingerprint density at radius 3 is 2.59 bits per heavy atom. The molecule has 0 aromatic carbocycles. The molecule has 0 aliphatic heterocycles. The van der Waals surface area contributed by atoms with Gasteiger partial charge in [-0.3, -0.25) is 4.79 Å². The number of hydrogen-bond acceptors (Lipinski definition) is 4. The summed E-state index contributed by atoms with van der Waals surface area (Å²) in [6.45, 7) is 5.98. The number of amides is 1. The number of carbonyl (C=O) groups is 1. The van der Waals surface area contributed by atoms with Crippen LogP contribution in [0.4, 0.5) is 5.82 Å². The van der Waals surface area contributed by atoms with E-state index in [-0.39, 0.29) is 11.3 Å². The van der Waals surface area contributed by atoms with Crippen molar-refractivity contribution >= 4 is 11.7 Å². The maximum absolute atomic E-state index is 11.7. The van der Waals surface area contributed by atoms with Crippen molar-refractivity contribution < 1.29 is 4.79 Å². The van der Waals surface area contributed by atoms with E-state index in [1.807, 2.05) is 45.8 Å². The zero-order valence-corrected chi connectivity index (χ0v) is 11.1. The SMILES string of the molecule is CN(C)c1ccnc(CNC(=O)C(C)(C)C)n1. The first kappa shape index (κ1) is 13.4. The molecule has 17 heavy (non-hydrogen) atoms. The fourth-order valence-corrected chi connectivity index (χ4v) is 1.15. The number of carbonyl (C=O) groups excluding carboxylic acids is 1. The van der Waals surface area contributed by atoms with E-state index in [9.17, 15) is 4.79 Å². The Labute approximate surface area is 102 Å². The van der Waals surface area contributed by atoms with E-state index in [0.717, 1.165) is 5.82 Å². The molecule has 5 heteroatoms. The number of aromatic nitrogens is 2. The average Bonchev–Trinajstić information content (AvgIpc) is 2.25. The van der Waals surface area contributed by atoms with E-state index in [4.69, 9.17) is 0 Å². The van der Waals surface area contributed by atoms with Crippen molar-refractivity contribution in [1.82, 2.24) is 15.3 Å². The molecule has 1 heterocycles. The highest BCUT2D eigenvalue weighted by Gasteiger charge is 2.20. The Kier molecular flexibility index (Phi) is 4.04. The third-order valence-electron chi connectivity index (χ3n) is 2.24. The van der Waals surface area contributed by atoms with Gasteiger partial charge in [0.05, 0.1) is 6.54 Å². The molecule has 0 unspecified atom stereocenters. The van der Waals surface area contributed by atoms with Crippen molar-refractivity contribution in [3.05, 3.63) is 18.1 Å². The van der Waals surface area contributed by atoms with E-state index >= 15 is 0 Å². The smallest absolute Gasteiger partial charge is 0.225 e. The van der Waals surface area contributed by atoms with Gasteiger partial charge in [-0.25, -0.2) is 9.97 Å². The van der Waals surface area contributed by atoms with Crippen molar-refractivity contribution in [3.8, 4) is 0 Å². The standard InChI is InChI=1S/C12H20N4O/c1-12(2,3)11(17)14-8-9-13-7-6-10(15-9)16(4)5/h6-7H,8H2,1-5H3,(H,14,17). The van der Waals surface area contributed by atoms with E-state index < -0.39 is 0 Å². The van der Waals surface area contributed by atoms with Gasteiger partial charge in [0.2, 0.25) is 5.91 Å². The lowest BCUT2D eigenvalue weighted by Gasteiger charge is -2.17. The Hall–Kier alpha value is -1.65. The van der Waals surface area contributed by atoms with Gasteiger partial charge in [0.25, 0.3) is 0 Å². The van der Waals surface area contributed by atoms with Crippen LogP contribution >= 0.6 is 0 Å². The van der Waals surface area contributed by atoms with Crippen LogP contribution in [-0.4, -0.2) is 30.0 Å². The van der Waals surface area contributed by atoms with Crippen molar-refractivity contribution in [2.75, 3.05) is 19.0 Å². The fraction of sp³-hybridized carbons (Fsp3) is 0.583. The number of nitrogens with one attached hydrogen (secondary N) is 1. The van der Waals surface area contributed by atoms with Crippen LogP contribution < -0.4 is 10.2 Å². The second-order valence-electron chi connectivity index (χ2n) is 5.16. The second-order valence-corrected chi connectivity index (χ2v) is 5.16. The van der Waals surface area contributed by atoms with Crippen molar-refractivity contribution in [3.63, 3.8) is 0 Å². The average molecular weight is 236 g/mol. The fourth-order valence-electron chi connectivity index (χ4n) is 1.15. The molecule has 0 aliphatic carbocycles. The lowest BCUT2D eigenvalue weighted by atomic mass is 9.96. The molecule has 1 rings (SSSR count). The third kappa shape index (κ3) is 4.01. The molecule has 0 atom stereocenters. The monoisotopic (exact) mass is 236 g/mol. The molecular weight excluding hydrogens is 216 g/mol. The largest absolute Gasteiger partial charge is 0.363 e. The van der Waals surface area contributed by atoms with Gasteiger partial charge in [-0.1, -0.05) is 20.8 Å². The first-order valence-electron chi connectivity index (χ1n) is 5.58. The number of nitrogens with zero attached hydrogens (tertiary/aromatic N) is 3. The van der Waals surface area contributed by atoms with Gasteiger partial charge in [0.1, 0.15) is 11.6 Å². The summed E-state index contributed by atoms with van der Waals surface area (Å²) < 4.78 is 0. The molecule has 0 radical (unpaired) electrons. The third-order valence-corrected chi connectivity index (χ3v) is 2.24. The van der Waals surface area contributed by atoms with Crippen molar-refractivity contribution in [2.24, 2.45) is 5.41 Å². The summed E-state index contributed by atoms with van der Waals surface area (Å²) in [5.41, 5.74) is -0.390. The van der Waals surface area contributed by atoms with E-state index in [2.05, 4.69) is 15.3 Å². The minimum Gasteiger partial charge on any atom is -0.363 e. The van der Waals surface area contributed by atoms with Crippen LogP contribution in [0.25, 0.3) is 0 Å². The van der Waals surface area contributed by atoms with Crippen LogP contribution in [0.1, 0.15) is 26.6 Å². The predicted molar refractivity (Wildman–Crippen MR) is 67.7 cm³/mol. The van der Waals surface area contributed by atoms with Gasteiger partial charge in [0, 0.05) is 25.7 Å². The van der Waals surface area contributed by atoms with Gasteiger partial charge < -0.3 is 10.2 Å². The first-order valence-corrected chi connectivity index (χ1v) is 5.58. The number of anilines is 1. The van der Waals surface area contributed by atoms with Crippen LogP contribution in [0.15, 0.2) is 12.3 Å². The van der Waals surface area contributed by atoms with Crippen LogP contribution in [-0.2, 0) is 11.3 Å². The normalized spacial score (nSPS) is 11.1. The Morgan fingerprint density at radius 1 is 1.41 bits per heavy atom. The summed E-state index contributed by atoms with van der Waals surface area (Å²) in [7, 11) is 3.83. The predicted octanol–water partition coefficient (Wildman–Crippen LogP) is 1.20. The molecule has 1 aromatic heterocycles. The summed E-state index contributed by atoms with van der Waals surface area (Å²) in [6.07, 6.45) is 1.70. The van der Waals surface area contributed by atoms with Crippen molar-refractivity contribution in [2.45, 2.75) is 27.3 Å². The summed E-state index contributed by atoms with van der Waals surface area (Å²) in [6, 6.07) is 1.83. The molecule has 1 amide bonds. The topological polar surface area (TPSA) is 58.1 Å². The lowest BCUT2D eigenvalue weighted by molar-refractivity contribution is -0.128. The quantitative estimate of drug-likeness (QED) is 0.857. The molecular formula is C12H20N4O. The van der Waals surface area contributed by atoms with Gasteiger partial charge in [0.15, 0.2) is 0 Å². The van der Waals surface area contributed by atoms with E-state index in [0.29, 0.717) is 12.4 Å². The summed E-state index contributed by atoms with van der Waals surface area (Å²) >= 11 is 0. The highest BCUT2D eigenvalue weighted by atomic mass is 16.2. The molecule has 0 saturated carbocycles. The van der Waals surface area contributed by atoms with Crippen molar-refractivity contribution in [1.29, 1.82) is 0 Å². The molecule has 0 bridgehead atoms. The van der Waals surface area contributed by atoms with Gasteiger partial charge >= 0.3 is 0 Å². The minimum atomic E-state index is -0.390. The molecule has 0 spiro atoms. The molecule has 1 aromatic rings. The Balaban J connectivity index is 2.64. The van der Waals surface area contributed by atoms with Gasteiger partial charge in [-0.05, 0) is 6.07 Å². The first-order chi connectivity index (χ1) is 7.80. The van der Waals surface area contributed by atoms with Crippen LogP contribution in [0.3, 0.4) is 0 Å². The molecule has 0 aliphatic rings. The highest BCUT2D eigenvalue weighted by molar-refractivity contribution is 5.81. The number of hydrogen-bond donors (Lipinski definition) is 1. The summed E-state index contributed by atoms with van der Waals surface area (Å²) in [5.74, 6) is 1.45. The second kappa shape index (κ2) is 5.12. The molecule has 5 nitrogen and oxygen atoms in total. The van der Waals surface area contributed by atoms with E-state index in [1.54, 1.807) is 6.20 Å². The Bertz CT molecular complexity index is 396. The zero-order valence-electron chi connectivity index (χ0n) is 11.1. The molecule has 1 N–H and O–H groups in total. The molecule has 0 fully saturated rings. The molecule has 94 valence electrons. The Morgan fingerprint density at radius 2 is 2.06 bits per heavy atom. The lowest BCUT2D eigenvalue weighted by Crippen LogP contribution is -2.34. The van der Waals surface area contributed by atoms with Gasteiger partial charge in [-0.15, -0.1) is 0 Å². The van der Waals surface area contributed by atoms with E-state index in [1.165, 1.54) is 0 Å². The zero-order chi connectivity index (χ0) is 13.1. The molecule has 0 saturated heterocycles. The van der Waals surface area contributed by atoms with Crippen LogP contribution in [0.2, 0.25) is 0 Å². The van der Waals surface area contributed by atoms with Crippen LogP contribution in [0, 0.1) is 5.41 Å². The minimum absolute atomic E-state index is 0.00337. The van der Waals surface area contributed by atoms with Crippen LogP contribution in [0.5, 0.6) is 0 Å². The summed E-state index contributed by atoms with van der Waals surface area (Å²) in [5, 5.41) is 2.82. The number of rotatable bonds is 3.